The number of aromatic nitrogens is 3. The molecule has 0 spiro atoms. The van der Waals surface area contributed by atoms with E-state index >= 15 is 0 Å². The van der Waals surface area contributed by atoms with E-state index in [1.54, 1.807) is 13.8 Å². The molecule has 0 aliphatic carbocycles. The minimum absolute atomic E-state index is 0.00171. The van der Waals surface area contributed by atoms with Gasteiger partial charge in [0.25, 0.3) is 5.71 Å². The first-order valence-electron chi connectivity index (χ1n) is 4.60. The highest BCUT2D eigenvalue weighted by Gasteiger charge is 2.21. The molecule has 2 aromatic heterocycles. The topological polar surface area (TPSA) is 78.1 Å². The molecule has 2 aromatic rings. The van der Waals surface area contributed by atoms with Crippen LogP contribution >= 0.6 is 11.6 Å². The van der Waals surface area contributed by atoms with Gasteiger partial charge in [0, 0.05) is 0 Å². The number of nitrogens with zero attached hydrogens (tertiary/aromatic N) is 3. The van der Waals surface area contributed by atoms with Gasteiger partial charge in [-0.3, -0.25) is 0 Å². The van der Waals surface area contributed by atoms with E-state index in [1.165, 1.54) is 0 Å². The van der Waals surface area contributed by atoms with Crippen molar-refractivity contribution in [3.05, 3.63) is 16.7 Å². The second-order valence-electron chi connectivity index (χ2n) is 2.99. The molecule has 7 heteroatoms. The predicted octanol–water partition coefficient (Wildman–Crippen LogP) is 1.76. The van der Waals surface area contributed by atoms with E-state index in [-0.39, 0.29) is 28.6 Å². The normalized spacial score (nSPS) is 10.7. The first kappa shape index (κ1) is 10.8. The minimum atomic E-state index is -0.601. The van der Waals surface area contributed by atoms with Gasteiger partial charge >= 0.3 is 5.97 Å². The second kappa shape index (κ2) is 4.05. The number of halogens is 1. The molecule has 0 aliphatic heterocycles. The van der Waals surface area contributed by atoms with Gasteiger partial charge in [-0.15, -0.1) is 0 Å². The second-order valence-corrected chi connectivity index (χ2v) is 3.35. The van der Waals surface area contributed by atoms with E-state index in [4.69, 9.17) is 20.9 Å². The fourth-order valence-corrected chi connectivity index (χ4v) is 1.55. The van der Waals surface area contributed by atoms with Crippen LogP contribution < -0.4 is 0 Å². The van der Waals surface area contributed by atoms with Crippen molar-refractivity contribution < 1.29 is 14.1 Å². The molecule has 0 radical (unpaired) electrons. The Labute approximate surface area is 95.6 Å². The van der Waals surface area contributed by atoms with Gasteiger partial charge in [0.15, 0.2) is 0 Å². The highest BCUT2D eigenvalue weighted by molar-refractivity contribution is 6.35. The van der Waals surface area contributed by atoms with Crippen LogP contribution in [0.1, 0.15) is 23.2 Å². The van der Waals surface area contributed by atoms with Gasteiger partial charge in [-0.05, 0) is 13.8 Å². The van der Waals surface area contributed by atoms with Gasteiger partial charge in [0.2, 0.25) is 5.69 Å². The SMILES string of the molecule is CCOC(=O)c1noc2nc(C)nc(Cl)c12. The molecule has 84 valence electrons. The van der Waals surface area contributed by atoms with Crippen LogP contribution in [0.15, 0.2) is 4.52 Å². The number of aryl methyl sites for hydroxylation is 1. The van der Waals surface area contributed by atoms with Crippen molar-refractivity contribution in [2.75, 3.05) is 6.61 Å². The molecule has 2 rings (SSSR count). The van der Waals surface area contributed by atoms with E-state index in [9.17, 15) is 4.79 Å². The van der Waals surface area contributed by atoms with Crippen LogP contribution in [0.5, 0.6) is 0 Å². The molecule has 0 bridgehead atoms. The Morgan fingerprint density at radius 2 is 2.25 bits per heavy atom. The fourth-order valence-electron chi connectivity index (χ4n) is 1.25. The summed E-state index contributed by atoms with van der Waals surface area (Å²) in [6, 6.07) is 0. The minimum Gasteiger partial charge on any atom is -0.461 e. The molecule has 0 unspecified atom stereocenters. The van der Waals surface area contributed by atoms with Crippen molar-refractivity contribution in [3.8, 4) is 0 Å². The van der Waals surface area contributed by atoms with Crippen molar-refractivity contribution in [1.82, 2.24) is 15.1 Å². The molecule has 2 heterocycles. The zero-order chi connectivity index (χ0) is 11.7. The lowest BCUT2D eigenvalue weighted by molar-refractivity contribution is 0.0517. The molecule has 0 fully saturated rings. The molecule has 0 atom stereocenters. The molecule has 0 saturated heterocycles. The maximum Gasteiger partial charge on any atom is 0.361 e. The molecule has 0 N–H and O–H groups in total. The lowest BCUT2D eigenvalue weighted by atomic mass is 10.3. The molecule has 0 aliphatic rings. The molecule has 16 heavy (non-hydrogen) atoms. The van der Waals surface area contributed by atoms with E-state index in [0.717, 1.165) is 0 Å². The Bertz CT molecular complexity index is 552. The van der Waals surface area contributed by atoms with Gasteiger partial charge < -0.3 is 9.26 Å². The number of carbonyl (C=O) groups is 1. The third-order valence-electron chi connectivity index (χ3n) is 1.87. The number of ether oxygens (including phenoxy) is 1. The Morgan fingerprint density at radius 3 is 2.94 bits per heavy atom. The molecular weight excluding hydrogens is 234 g/mol. The third kappa shape index (κ3) is 1.71. The summed E-state index contributed by atoms with van der Waals surface area (Å²) in [7, 11) is 0. The summed E-state index contributed by atoms with van der Waals surface area (Å²) >= 11 is 5.89. The van der Waals surface area contributed by atoms with Gasteiger partial charge in [-0.1, -0.05) is 16.8 Å². The number of hydrogen-bond donors (Lipinski definition) is 0. The van der Waals surface area contributed by atoms with Gasteiger partial charge in [-0.2, -0.15) is 4.98 Å². The van der Waals surface area contributed by atoms with Crippen LogP contribution in [0.25, 0.3) is 11.1 Å². The van der Waals surface area contributed by atoms with Crippen LogP contribution in [-0.4, -0.2) is 27.7 Å². The lowest BCUT2D eigenvalue weighted by Gasteiger charge is -1.98. The summed E-state index contributed by atoms with van der Waals surface area (Å²) < 4.78 is 9.70. The lowest BCUT2D eigenvalue weighted by Crippen LogP contribution is -2.05. The standard InChI is InChI=1S/C9H8ClN3O3/c1-3-15-9(14)6-5-7(10)11-4(2)12-8(5)16-13-6/h3H2,1-2H3. The van der Waals surface area contributed by atoms with E-state index in [0.29, 0.717) is 5.82 Å². The van der Waals surface area contributed by atoms with E-state index < -0.39 is 5.97 Å². The summed E-state index contributed by atoms with van der Waals surface area (Å²) in [4.78, 5) is 19.4. The highest BCUT2D eigenvalue weighted by atomic mass is 35.5. The molecule has 0 amide bonds. The quantitative estimate of drug-likeness (QED) is 0.589. The zero-order valence-electron chi connectivity index (χ0n) is 8.65. The van der Waals surface area contributed by atoms with Crippen LogP contribution in [0.3, 0.4) is 0 Å². The van der Waals surface area contributed by atoms with Crippen LogP contribution in [-0.2, 0) is 4.74 Å². The average molecular weight is 242 g/mol. The zero-order valence-corrected chi connectivity index (χ0v) is 9.41. The third-order valence-corrected chi connectivity index (χ3v) is 2.15. The highest BCUT2D eigenvalue weighted by Crippen LogP contribution is 2.24. The number of rotatable bonds is 2. The molecule has 6 nitrogen and oxygen atoms in total. The predicted molar refractivity (Wildman–Crippen MR) is 55.3 cm³/mol. The summed E-state index contributed by atoms with van der Waals surface area (Å²) in [5.74, 6) is -0.153. The summed E-state index contributed by atoms with van der Waals surface area (Å²) in [5, 5.41) is 3.99. The molecular formula is C9H8ClN3O3. The Kier molecular flexibility index (Phi) is 2.74. The Balaban J connectivity index is 2.60. The monoisotopic (exact) mass is 241 g/mol. The Hall–Kier alpha value is -1.69. The van der Waals surface area contributed by atoms with E-state index in [1.807, 2.05) is 0 Å². The van der Waals surface area contributed by atoms with Crippen LogP contribution in [0, 0.1) is 6.92 Å². The summed E-state index contributed by atoms with van der Waals surface area (Å²) in [5.41, 5.74) is 0.183. The van der Waals surface area contributed by atoms with Crippen molar-refractivity contribution >= 4 is 28.7 Å². The number of carbonyl (C=O) groups excluding carboxylic acids is 1. The summed E-state index contributed by atoms with van der Waals surface area (Å²) in [6.45, 7) is 3.61. The smallest absolute Gasteiger partial charge is 0.361 e. The van der Waals surface area contributed by atoms with Crippen molar-refractivity contribution in [1.29, 1.82) is 0 Å². The maximum absolute atomic E-state index is 11.5. The first-order chi connectivity index (χ1) is 7.63. The largest absolute Gasteiger partial charge is 0.461 e. The number of hydrogen-bond acceptors (Lipinski definition) is 6. The van der Waals surface area contributed by atoms with E-state index in [2.05, 4.69) is 15.1 Å². The van der Waals surface area contributed by atoms with Crippen LogP contribution in [0.4, 0.5) is 0 Å². The summed E-state index contributed by atoms with van der Waals surface area (Å²) in [6.07, 6.45) is 0. The number of esters is 1. The van der Waals surface area contributed by atoms with Gasteiger partial charge in [0.05, 0.1) is 6.61 Å². The maximum atomic E-state index is 11.5. The molecule has 0 saturated carbocycles. The average Bonchev–Trinajstić information content (AvgIpc) is 2.61. The van der Waals surface area contributed by atoms with Gasteiger partial charge in [-0.25, -0.2) is 9.78 Å². The van der Waals surface area contributed by atoms with Crippen molar-refractivity contribution in [3.63, 3.8) is 0 Å². The first-order valence-corrected chi connectivity index (χ1v) is 4.98. The number of fused-ring (bicyclic) bond motifs is 1. The fraction of sp³-hybridized carbons (Fsp3) is 0.333. The van der Waals surface area contributed by atoms with Crippen LogP contribution in [0.2, 0.25) is 5.15 Å². The molecule has 0 aromatic carbocycles. The van der Waals surface area contributed by atoms with Crippen molar-refractivity contribution in [2.24, 2.45) is 0 Å². The van der Waals surface area contributed by atoms with Gasteiger partial charge in [0.1, 0.15) is 16.4 Å². The Morgan fingerprint density at radius 1 is 1.50 bits per heavy atom. The van der Waals surface area contributed by atoms with Crippen molar-refractivity contribution in [2.45, 2.75) is 13.8 Å².